The van der Waals surface area contributed by atoms with E-state index >= 15 is 0 Å². The summed E-state index contributed by atoms with van der Waals surface area (Å²) in [5.74, 6) is -1.15. The van der Waals surface area contributed by atoms with Crippen LogP contribution in [0.4, 0.5) is 5.69 Å². The number of anilines is 1. The van der Waals surface area contributed by atoms with E-state index in [0.29, 0.717) is 17.0 Å². The van der Waals surface area contributed by atoms with Gasteiger partial charge in [-0.2, -0.15) is 0 Å². The maximum Gasteiger partial charge on any atom is 0.300 e. The summed E-state index contributed by atoms with van der Waals surface area (Å²) in [4.78, 5) is 28.0. The summed E-state index contributed by atoms with van der Waals surface area (Å²) in [5.41, 5.74) is 4.69. The lowest BCUT2D eigenvalue weighted by atomic mass is 9.93. The zero-order valence-corrected chi connectivity index (χ0v) is 19.3. The van der Waals surface area contributed by atoms with E-state index in [1.807, 2.05) is 62.4 Å². The SMILES string of the molecule is CCc1ccc(C2/C(=C(\O)c3cc(C)cc(C)c3OC)C(=O)C(=O)N2c2ccccc2)cc1. The van der Waals surface area contributed by atoms with Gasteiger partial charge < -0.3 is 9.84 Å². The van der Waals surface area contributed by atoms with Gasteiger partial charge in [0.25, 0.3) is 11.7 Å². The second-order valence-corrected chi connectivity index (χ2v) is 8.26. The topological polar surface area (TPSA) is 66.8 Å². The molecule has 1 fully saturated rings. The Labute approximate surface area is 193 Å². The monoisotopic (exact) mass is 441 g/mol. The highest BCUT2D eigenvalue weighted by Gasteiger charge is 2.47. The Morgan fingerprint density at radius 3 is 2.27 bits per heavy atom. The number of benzene rings is 3. The van der Waals surface area contributed by atoms with Crippen molar-refractivity contribution in [1.29, 1.82) is 0 Å². The molecule has 1 amide bonds. The number of methoxy groups -OCH3 is 1. The van der Waals surface area contributed by atoms with Gasteiger partial charge in [-0.3, -0.25) is 14.5 Å². The third kappa shape index (κ3) is 3.91. The van der Waals surface area contributed by atoms with Crippen molar-refractivity contribution in [3.63, 3.8) is 0 Å². The first-order valence-corrected chi connectivity index (χ1v) is 11.0. The highest BCUT2D eigenvalue weighted by molar-refractivity contribution is 6.51. The van der Waals surface area contributed by atoms with Crippen LogP contribution in [0.1, 0.15) is 40.8 Å². The average Bonchev–Trinajstić information content (AvgIpc) is 3.09. The predicted octanol–water partition coefficient (Wildman–Crippen LogP) is 5.50. The Bertz CT molecular complexity index is 1240. The molecule has 0 spiro atoms. The Hall–Kier alpha value is -3.86. The van der Waals surface area contributed by atoms with Gasteiger partial charge in [-0.05, 0) is 60.7 Å². The number of hydrogen-bond acceptors (Lipinski definition) is 4. The third-order valence-electron chi connectivity index (χ3n) is 6.06. The minimum Gasteiger partial charge on any atom is -0.507 e. The molecule has 0 saturated carbocycles. The van der Waals surface area contributed by atoms with E-state index in [0.717, 1.165) is 28.7 Å². The molecule has 1 heterocycles. The fraction of sp³-hybridized carbons (Fsp3) is 0.214. The fourth-order valence-corrected chi connectivity index (χ4v) is 4.48. The van der Waals surface area contributed by atoms with E-state index in [1.54, 1.807) is 18.2 Å². The van der Waals surface area contributed by atoms with Crippen LogP contribution in [0.5, 0.6) is 5.75 Å². The summed E-state index contributed by atoms with van der Waals surface area (Å²) >= 11 is 0. The van der Waals surface area contributed by atoms with Crippen LogP contribution in [0.2, 0.25) is 0 Å². The number of carbonyl (C=O) groups is 2. The van der Waals surface area contributed by atoms with E-state index in [9.17, 15) is 14.7 Å². The minimum atomic E-state index is -0.760. The molecular formula is C28H27NO4. The Balaban J connectivity index is 1.99. The molecule has 1 aliphatic heterocycles. The molecule has 33 heavy (non-hydrogen) atoms. The van der Waals surface area contributed by atoms with Crippen molar-refractivity contribution in [2.45, 2.75) is 33.2 Å². The van der Waals surface area contributed by atoms with Gasteiger partial charge in [-0.25, -0.2) is 0 Å². The van der Waals surface area contributed by atoms with Gasteiger partial charge in [0.2, 0.25) is 0 Å². The first-order chi connectivity index (χ1) is 15.9. The number of amides is 1. The number of aliphatic hydroxyl groups excluding tert-OH is 1. The van der Waals surface area contributed by atoms with Gasteiger partial charge in [0.1, 0.15) is 11.5 Å². The van der Waals surface area contributed by atoms with Crippen molar-refractivity contribution in [2.75, 3.05) is 12.0 Å². The van der Waals surface area contributed by atoms with Gasteiger partial charge in [-0.15, -0.1) is 0 Å². The number of Topliss-reactive ketones (excluding diaryl/α,β-unsaturated/α-hetero) is 1. The van der Waals surface area contributed by atoms with Crippen molar-refractivity contribution in [3.8, 4) is 5.75 Å². The summed E-state index contributed by atoms with van der Waals surface area (Å²) in [7, 11) is 1.53. The maximum atomic E-state index is 13.3. The number of hydrogen-bond donors (Lipinski definition) is 1. The van der Waals surface area contributed by atoms with Gasteiger partial charge in [0.05, 0.1) is 24.3 Å². The number of ketones is 1. The second kappa shape index (κ2) is 8.94. The Morgan fingerprint density at radius 2 is 1.67 bits per heavy atom. The number of rotatable bonds is 5. The average molecular weight is 442 g/mol. The van der Waals surface area contributed by atoms with Crippen LogP contribution in [0.3, 0.4) is 0 Å². The molecule has 1 saturated heterocycles. The molecule has 1 unspecified atom stereocenters. The van der Waals surface area contributed by atoms with Crippen molar-refractivity contribution in [1.82, 2.24) is 0 Å². The zero-order chi connectivity index (χ0) is 23.7. The summed E-state index contributed by atoms with van der Waals surface area (Å²) in [6.45, 7) is 5.86. The lowest BCUT2D eigenvalue weighted by molar-refractivity contribution is -0.132. The first-order valence-electron chi connectivity index (χ1n) is 11.0. The second-order valence-electron chi connectivity index (χ2n) is 8.26. The normalized spacial score (nSPS) is 17.5. The molecule has 1 aliphatic rings. The van der Waals surface area contributed by atoms with E-state index in [1.165, 1.54) is 12.0 Å². The van der Waals surface area contributed by atoms with Crippen LogP contribution in [0.15, 0.2) is 72.3 Å². The molecule has 0 radical (unpaired) electrons. The van der Waals surface area contributed by atoms with E-state index in [2.05, 4.69) is 6.92 Å². The maximum absolute atomic E-state index is 13.3. The molecule has 3 aromatic carbocycles. The molecule has 5 heteroatoms. The Morgan fingerprint density at radius 1 is 1.00 bits per heavy atom. The van der Waals surface area contributed by atoms with Crippen LogP contribution in [0, 0.1) is 13.8 Å². The highest BCUT2D eigenvalue weighted by atomic mass is 16.5. The molecule has 1 atom stereocenters. The van der Waals surface area contributed by atoms with Crippen molar-refractivity contribution in [2.24, 2.45) is 0 Å². The summed E-state index contributed by atoms with van der Waals surface area (Å²) in [5, 5.41) is 11.5. The molecule has 168 valence electrons. The van der Waals surface area contributed by atoms with Crippen LogP contribution >= 0.6 is 0 Å². The van der Waals surface area contributed by atoms with Gasteiger partial charge in [0, 0.05) is 5.69 Å². The first kappa shape index (κ1) is 22.3. The molecule has 1 N–H and O–H groups in total. The van der Waals surface area contributed by atoms with Crippen molar-refractivity contribution >= 4 is 23.1 Å². The molecule has 4 rings (SSSR count). The smallest absolute Gasteiger partial charge is 0.300 e. The summed E-state index contributed by atoms with van der Waals surface area (Å²) in [6, 6.07) is 19.8. The van der Waals surface area contributed by atoms with Gasteiger partial charge >= 0.3 is 0 Å². The van der Waals surface area contributed by atoms with Crippen LogP contribution in [-0.2, 0) is 16.0 Å². The molecule has 0 bridgehead atoms. The van der Waals surface area contributed by atoms with Crippen LogP contribution in [-0.4, -0.2) is 23.9 Å². The molecular weight excluding hydrogens is 414 g/mol. The lowest BCUT2D eigenvalue weighted by Crippen LogP contribution is -2.29. The van der Waals surface area contributed by atoms with Crippen molar-refractivity contribution in [3.05, 3.63) is 100 Å². The van der Waals surface area contributed by atoms with E-state index < -0.39 is 17.7 Å². The van der Waals surface area contributed by atoms with E-state index in [4.69, 9.17) is 4.74 Å². The number of nitrogens with zero attached hydrogens (tertiary/aromatic N) is 1. The number of carbonyl (C=O) groups excluding carboxylic acids is 2. The zero-order valence-electron chi connectivity index (χ0n) is 19.3. The Kier molecular flexibility index (Phi) is 6.05. The number of ether oxygens (including phenoxy) is 1. The fourth-order valence-electron chi connectivity index (χ4n) is 4.48. The van der Waals surface area contributed by atoms with Gasteiger partial charge in [0.15, 0.2) is 0 Å². The highest BCUT2D eigenvalue weighted by Crippen LogP contribution is 2.43. The lowest BCUT2D eigenvalue weighted by Gasteiger charge is -2.26. The molecule has 0 aliphatic carbocycles. The number of aryl methyl sites for hydroxylation is 3. The standard InChI is InChI=1S/C28H27NO4/c1-5-19-11-13-20(14-12-19)24-23(25(30)22-16-17(2)15-18(3)27(22)33-4)26(31)28(32)29(24)21-9-7-6-8-10-21/h6-16,24,30H,5H2,1-4H3/b25-23+. The minimum absolute atomic E-state index is 0.0522. The molecule has 0 aromatic heterocycles. The number of para-hydroxylation sites is 1. The van der Waals surface area contributed by atoms with Crippen LogP contribution < -0.4 is 9.64 Å². The third-order valence-corrected chi connectivity index (χ3v) is 6.06. The molecule has 3 aromatic rings. The summed E-state index contributed by atoms with van der Waals surface area (Å²) < 4.78 is 5.55. The predicted molar refractivity (Wildman–Crippen MR) is 130 cm³/mol. The molecule has 5 nitrogen and oxygen atoms in total. The number of aliphatic hydroxyl groups is 1. The van der Waals surface area contributed by atoms with Crippen LogP contribution in [0.25, 0.3) is 5.76 Å². The largest absolute Gasteiger partial charge is 0.507 e. The summed E-state index contributed by atoms with van der Waals surface area (Å²) in [6.07, 6.45) is 0.874. The van der Waals surface area contributed by atoms with E-state index in [-0.39, 0.29) is 11.3 Å². The van der Waals surface area contributed by atoms with Gasteiger partial charge in [-0.1, -0.05) is 55.5 Å². The van der Waals surface area contributed by atoms with Crippen molar-refractivity contribution < 1.29 is 19.4 Å². The quantitative estimate of drug-likeness (QED) is 0.322.